The van der Waals surface area contributed by atoms with Crippen LogP contribution in [0.5, 0.6) is 0 Å². The van der Waals surface area contributed by atoms with Crippen LogP contribution in [0.3, 0.4) is 0 Å². The summed E-state index contributed by atoms with van der Waals surface area (Å²) in [5, 5.41) is 3.02. The first-order chi connectivity index (χ1) is 12.3. The molecule has 0 aliphatic carbocycles. The zero-order valence-electron chi connectivity index (χ0n) is 14.4. The van der Waals surface area contributed by atoms with Crippen LogP contribution < -0.4 is 10.2 Å². The minimum atomic E-state index is 0.000489. The summed E-state index contributed by atoms with van der Waals surface area (Å²) in [5.41, 5.74) is 1.67. The first-order valence-electron chi connectivity index (χ1n) is 9.19. The van der Waals surface area contributed by atoms with E-state index >= 15 is 0 Å². The van der Waals surface area contributed by atoms with Gasteiger partial charge in [0.05, 0.1) is 11.0 Å². The molecule has 1 N–H and O–H groups in total. The largest absolute Gasteiger partial charge is 0.381 e. The Hall–Kier alpha value is -2.21. The van der Waals surface area contributed by atoms with E-state index in [1.54, 1.807) is 0 Å². The topological polar surface area (TPSA) is 67.3 Å². The third kappa shape index (κ3) is 3.74. The molecule has 0 radical (unpaired) electrons. The number of ether oxygens (including phenoxy) is 1. The van der Waals surface area contributed by atoms with Crippen molar-refractivity contribution in [1.82, 2.24) is 9.97 Å². The molecule has 1 aromatic heterocycles. The Bertz CT molecular complexity index is 752. The number of amides is 1. The number of nitrogens with one attached hydrogen (secondary N) is 1. The highest BCUT2D eigenvalue weighted by Crippen LogP contribution is 2.28. The van der Waals surface area contributed by atoms with Crippen LogP contribution in [0.1, 0.15) is 32.1 Å². The maximum absolute atomic E-state index is 12.5. The van der Waals surface area contributed by atoms with E-state index in [1.165, 1.54) is 0 Å². The Morgan fingerprint density at radius 3 is 2.64 bits per heavy atom. The average Bonchev–Trinajstić information content (AvgIpc) is 3.16. The van der Waals surface area contributed by atoms with Crippen molar-refractivity contribution in [2.75, 3.05) is 36.5 Å². The van der Waals surface area contributed by atoms with Crippen molar-refractivity contribution in [2.45, 2.75) is 32.1 Å². The van der Waals surface area contributed by atoms with Gasteiger partial charge in [-0.15, -0.1) is 0 Å². The number of para-hydroxylation sites is 2. The molecule has 4 rings (SSSR count). The van der Waals surface area contributed by atoms with E-state index in [2.05, 4.69) is 15.2 Å². The normalized spacial score (nSPS) is 20.8. The zero-order valence-corrected chi connectivity index (χ0v) is 14.4. The van der Waals surface area contributed by atoms with Crippen molar-refractivity contribution in [3.63, 3.8) is 0 Å². The molecule has 2 aromatic rings. The quantitative estimate of drug-likeness (QED) is 0.927. The van der Waals surface area contributed by atoms with Crippen LogP contribution in [-0.4, -0.2) is 42.2 Å². The van der Waals surface area contributed by atoms with E-state index in [1.807, 2.05) is 24.3 Å². The number of nitrogens with zero attached hydrogens (tertiary/aromatic N) is 3. The standard InChI is InChI=1S/C19H24N4O2/c24-17(12-14-6-5-11-25-13-14)22-18-19(23-9-3-4-10-23)21-16-8-2-1-7-15(16)20-18/h1-2,7-8,14H,3-6,9-13H2,(H,20,22,24). The fourth-order valence-corrected chi connectivity index (χ4v) is 3.64. The van der Waals surface area contributed by atoms with Gasteiger partial charge in [0.25, 0.3) is 0 Å². The molecular weight excluding hydrogens is 316 g/mol. The number of benzene rings is 1. The Morgan fingerprint density at radius 1 is 1.16 bits per heavy atom. The maximum atomic E-state index is 12.5. The van der Waals surface area contributed by atoms with E-state index in [0.717, 1.165) is 62.2 Å². The van der Waals surface area contributed by atoms with Crippen LogP contribution in [0.4, 0.5) is 11.6 Å². The fourth-order valence-electron chi connectivity index (χ4n) is 3.64. The van der Waals surface area contributed by atoms with Gasteiger partial charge in [-0.25, -0.2) is 9.97 Å². The highest BCUT2D eigenvalue weighted by atomic mass is 16.5. The molecule has 6 nitrogen and oxygen atoms in total. The SMILES string of the molecule is O=C(CC1CCCOC1)Nc1nc2ccccc2nc1N1CCCC1. The molecule has 2 aliphatic heterocycles. The molecule has 0 spiro atoms. The van der Waals surface area contributed by atoms with Gasteiger partial charge in [-0.2, -0.15) is 0 Å². The maximum Gasteiger partial charge on any atom is 0.225 e. The number of rotatable bonds is 4. The van der Waals surface area contributed by atoms with Gasteiger partial charge in [-0.05, 0) is 43.7 Å². The van der Waals surface area contributed by atoms with Crippen molar-refractivity contribution in [3.8, 4) is 0 Å². The molecule has 132 valence electrons. The lowest BCUT2D eigenvalue weighted by Gasteiger charge is -2.23. The second-order valence-corrected chi connectivity index (χ2v) is 6.91. The Labute approximate surface area is 147 Å². The van der Waals surface area contributed by atoms with E-state index in [9.17, 15) is 4.79 Å². The molecule has 3 heterocycles. The van der Waals surface area contributed by atoms with Crippen molar-refractivity contribution < 1.29 is 9.53 Å². The number of carbonyl (C=O) groups excluding carboxylic acids is 1. The number of hydrogen-bond acceptors (Lipinski definition) is 5. The monoisotopic (exact) mass is 340 g/mol. The summed E-state index contributed by atoms with van der Waals surface area (Å²) in [5.74, 6) is 1.68. The average molecular weight is 340 g/mol. The van der Waals surface area contributed by atoms with Gasteiger partial charge >= 0.3 is 0 Å². The summed E-state index contributed by atoms with van der Waals surface area (Å²) < 4.78 is 5.48. The Kier molecular flexibility index (Phi) is 4.78. The highest BCUT2D eigenvalue weighted by molar-refractivity contribution is 5.94. The molecule has 0 bridgehead atoms. The summed E-state index contributed by atoms with van der Waals surface area (Å²) in [6, 6.07) is 7.80. The molecular formula is C19H24N4O2. The lowest BCUT2D eigenvalue weighted by atomic mass is 9.98. The first-order valence-corrected chi connectivity index (χ1v) is 9.19. The molecule has 2 aliphatic rings. The number of carbonyl (C=O) groups is 1. The minimum Gasteiger partial charge on any atom is -0.381 e. The predicted octanol–water partition coefficient (Wildman–Crippen LogP) is 2.99. The summed E-state index contributed by atoms with van der Waals surface area (Å²) in [6.45, 7) is 3.42. The summed E-state index contributed by atoms with van der Waals surface area (Å²) in [6.07, 6.45) is 4.87. The number of anilines is 2. The highest BCUT2D eigenvalue weighted by Gasteiger charge is 2.22. The van der Waals surface area contributed by atoms with Gasteiger partial charge in [0, 0.05) is 32.7 Å². The first kappa shape index (κ1) is 16.3. The zero-order chi connectivity index (χ0) is 17.1. The molecule has 2 fully saturated rings. The van der Waals surface area contributed by atoms with Crippen LogP contribution in [0.15, 0.2) is 24.3 Å². The van der Waals surface area contributed by atoms with Gasteiger partial charge in [0.15, 0.2) is 11.6 Å². The van der Waals surface area contributed by atoms with Crippen molar-refractivity contribution in [1.29, 1.82) is 0 Å². The van der Waals surface area contributed by atoms with Crippen LogP contribution in [0, 0.1) is 5.92 Å². The number of fused-ring (bicyclic) bond motifs is 1. The Balaban J connectivity index is 1.57. The molecule has 1 aromatic carbocycles. The van der Waals surface area contributed by atoms with Gasteiger partial charge in [0.1, 0.15) is 0 Å². The minimum absolute atomic E-state index is 0.000489. The van der Waals surface area contributed by atoms with Crippen LogP contribution >= 0.6 is 0 Å². The molecule has 0 saturated carbocycles. The lowest BCUT2D eigenvalue weighted by Crippen LogP contribution is -2.26. The summed E-state index contributed by atoms with van der Waals surface area (Å²) in [7, 11) is 0. The third-order valence-corrected chi connectivity index (χ3v) is 4.94. The Morgan fingerprint density at radius 2 is 1.92 bits per heavy atom. The predicted molar refractivity (Wildman–Crippen MR) is 97.8 cm³/mol. The van der Waals surface area contributed by atoms with E-state index < -0.39 is 0 Å². The van der Waals surface area contributed by atoms with Gasteiger partial charge in [-0.3, -0.25) is 4.79 Å². The van der Waals surface area contributed by atoms with Crippen molar-refractivity contribution >= 4 is 28.6 Å². The number of aromatic nitrogens is 2. The second-order valence-electron chi connectivity index (χ2n) is 6.91. The summed E-state index contributed by atoms with van der Waals surface area (Å²) >= 11 is 0. The van der Waals surface area contributed by atoms with Gasteiger partial charge < -0.3 is 15.0 Å². The second kappa shape index (κ2) is 7.35. The van der Waals surface area contributed by atoms with Gasteiger partial charge in [-0.1, -0.05) is 12.1 Å². The fraction of sp³-hybridized carbons (Fsp3) is 0.526. The molecule has 6 heteroatoms. The molecule has 1 atom stereocenters. The van der Waals surface area contributed by atoms with Crippen LogP contribution in [0.2, 0.25) is 0 Å². The van der Waals surface area contributed by atoms with Crippen LogP contribution in [-0.2, 0) is 9.53 Å². The number of hydrogen-bond donors (Lipinski definition) is 1. The molecule has 1 amide bonds. The smallest absolute Gasteiger partial charge is 0.225 e. The lowest BCUT2D eigenvalue weighted by molar-refractivity contribution is -0.118. The van der Waals surface area contributed by atoms with Crippen molar-refractivity contribution in [3.05, 3.63) is 24.3 Å². The van der Waals surface area contributed by atoms with Crippen LogP contribution in [0.25, 0.3) is 11.0 Å². The van der Waals surface area contributed by atoms with E-state index in [4.69, 9.17) is 9.72 Å². The van der Waals surface area contributed by atoms with Gasteiger partial charge in [0.2, 0.25) is 5.91 Å². The van der Waals surface area contributed by atoms with Crippen molar-refractivity contribution in [2.24, 2.45) is 5.92 Å². The third-order valence-electron chi connectivity index (χ3n) is 4.94. The molecule has 25 heavy (non-hydrogen) atoms. The summed E-state index contributed by atoms with van der Waals surface area (Å²) in [4.78, 5) is 24.2. The van der Waals surface area contributed by atoms with E-state index in [-0.39, 0.29) is 5.91 Å². The molecule has 2 saturated heterocycles. The molecule has 1 unspecified atom stereocenters. The van der Waals surface area contributed by atoms with E-state index in [0.29, 0.717) is 24.8 Å².